The third kappa shape index (κ3) is 4.52. The molecule has 3 rings (SSSR count). The van der Waals surface area contributed by atoms with Gasteiger partial charge in [-0.2, -0.15) is 0 Å². The first-order valence-electron chi connectivity index (χ1n) is 9.31. The SMILES string of the molecule is CCCOc1ccccc1[C@@H]1NC(=O)NC(C)=C1C(=O)OCc1ccccc1. The minimum Gasteiger partial charge on any atom is -0.493 e. The maximum atomic E-state index is 12.9. The Bertz CT molecular complexity index is 877. The summed E-state index contributed by atoms with van der Waals surface area (Å²) in [5.74, 6) is 0.154. The van der Waals surface area contributed by atoms with E-state index in [-0.39, 0.29) is 12.6 Å². The zero-order valence-corrected chi connectivity index (χ0v) is 16.0. The molecule has 0 fully saturated rings. The maximum Gasteiger partial charge on any atom is 0.338 e. The Labute approximate surface area is 164 Å². The highest BCUT2D eigenvalue weighted by atomic mass is 16.5. The number of carbonyl (C=O) groups excluding carboxylic acids is 2. The predicted molar refractivity (Wildman–Crippen MR) is 106 cm³/mol. The van der Waals surface area contributed by atoms with Crippen LogP contribution >= 0.6 is 0 Å². The lowest BCUT2D eigenvalue weighted by atomic mass is 9.95. The van der Waals surface area contributed by atoms with E-state index in [1.807, 2.05) is 61.5 Å². The minimum atomic E-state index is -0.648. The van der Waals surface area contributed by atoms with Crippen LogP contribution in [-0.4, -0.2) is 18.6 Å². The van der Waals surface area contributed by atoms with Gasteiger partial charge in [0.2, 0.25) is 0 Å². The summed E-state index contributed by atoms with van der Waals surface area (Å²) in [6.07, 6.45) is 0.855. The molecule has 6 nitrogen and oxygen atoms in total. The molecule has 0 aromatic heterocycles. The molecule has 0 bridgehead atoms. The molecule has 146 valence electrons. The van der Waals surface area contributed by atoms with Gasteiger partial charge in [0.15, 0.2) is 0 Å². The van der Waals surface area contributed by atoms with Crippen molar-refractivity contribution in [2.75, 3.05) is 6.61 Å². The average molecular weight is 380 g/mol. The fraction of sp³-hybridized carbons (Fsp3) is 0.273. The van der Waals surface area contributed by atoms with E-state index in [1.54, 1.807) is 6.92 Å². The number of nitrogens with one attached hydrogen (secondary N) is 2. The number of urea groups is 1. The van der Waals surface area contributed by atoms with Gasteiger partial charge in [0, 0.05) is 11.3 Å². The van der Waals surface area contributed by atoms with Gasteiger partial charge in [-0.25, -0.2) is 9.59 Å². The van der Waals surface area contributed by atoms with Crippen molar-refractivity contribution in [1.29, 1.82) is 0 Å². The van der Waals surface area contributed by atoms with E-state index in [4.69, 9.17) is 9.47 Å². The van der Waals surface area contributed by atoms with Crippen LogP contribution in [-0.2, 0) is 16.1 Å². The largest absolute Gasteiger partial charge is 0.493 e. The maximum absolute atomic E-state index is 12.9. The van der Waals surface area contributed by atoms with Gasteiger partial charge in [-0.05, 0) is 25.0 Å². The molecule has 1 heterocycles. The molecule has 0 radical (unpaired) electrons. The highest BCUT2D eigenvalue weighted by Gasteiger charge is 2.33. The third-order valence-electron chi connectivity index (χ3n) is 4.39. The van der Waals surface area contributed by atoms with Gasteiger partial charge < -0.3 is 20.1 Å². The number of esters is 1. The molecular formula is C22H24N2O4. The van der Waals surface area contributed by atoms with E-state index in [0.717, 1.165) is 17.5 Å². The molecule has 1 aliphatic heterocycles. The number of amides is 2. The summed E-state index contributed by atoms with van der Waals surface area (Å²) in [5, 5.41) is 5.48. The van der Waals surface area contributed by atoms with Gasteiger partial charge in [-0.3, -0.25) is 0 Å². The average Bonchev–Trinajstić information content (AvgIpc) is 2.71. The molecule has 2 aromatic carbocycles. The van der Waals surface area contributed by atoms with Crippen molar-refractivity contribution in [2.45, 2.75) is 32.9 Å². The molecule has 0 aliphatic carbocycles. The molecule has 2 N–H and O–H groups in total. The zero-order valence-electron chi connectivity index (χ0n) is 16.0. The molecule has 6 heteroatoms. The van der Waals surface area contributed by atoms with E-state index in [1.165, 1.54) is 0 Å². The van der Waals surface area contributed by atoms with Crippen molar-refractivity contribution in [2.24, 2.45) is 0 Å². The lowest BCUT2D eigenvalue weighted by Gasteiger charge is -2.29. The Kier molecular flexibility index (Phi) is 6.32. The second kappa shape index (κ2) is 9.08. The minimum absolute atomic E-state index is 0.158. The summed E-state index contributed by atoms with van der Waals surface area (Å²) in [4.78, 5) is 25.0. The van der Waals surface area contributed by atoms with Crippen LogP contribution in [0.4, 0.5) is 4.79 Å². The molecule has 2 amide bonds. The monoisotopic (exact) mass is 380 g/mol. The van der Waals surface area contributed by atoms with Gasteiger partial charge in [0.05, 0.1) is 18.2 Å². The first-order chi connectivity index (χ1) is 13.6. The number of allylic oxidation sites excluding steroid dienone is 1. The second-order valence-electron chi connectivity index (χ2n) is 6.52. The van der Waals surface area contributed by atoms with Gasteiger partial charge in [-0.1, -0.05) is 55.5 Å². The smallest absolute Gasteiger partial charge is 0.338 e. The van der Waals surface area contributed by atoms with Crippen molar-refractivity contribution in [3.63, 3.8) is 0 Å². The number of hydrogen-bond acceptors (Lipinski definition) is 4. The predicted octanol–water partition coefficient (Wildman–Crippen LogP) is 3.85. The summed E-state index contributed by atoms with van der Waals surface area (Å²) in [5.41, 5.74) is 2.45. The molecule has 0 unspecified atom stereocenters. The van der Waals surface area contributed by atoms with Crippen molar-refractivity contribution < 1.29 is 19.1 Å². The van der Waals surface area contributed by atoms with E-state index in [9.17, 15) is 9.59 Å². The highest BCUT2D eigenvalue weighted by Crippen LogP contribution is 2.33. The van der Waals surface area contributed by atoms with E-state index in [2.05, 4.69) is 10.6 Å². The van der Waals surface area contributed by atoms with Gasteiger partial charge in [-0.15, -0.1) is 0 Å². The number of hydrogen-bond donors (Lipinski definition) is 2. The summed E-state index contributed by atoms with van der Waals surface area (Å²) in [6.45, 7) is 4.42. The molecule has 0 spiro atoms. The standard InChI is InChI=1S/C22H24N2O4/c1-3-13-27-18-12-8-7-11-17(18)20-19(15(2)23-22(26)24-20)21(25)28-14-16-9-5-4-6-10-16/h4-12,20H,3,13-14H2,1-2H3,(H2,23,24,26)/t20-/m0/s1. The fourth-order valence-corrected chi connectivity index (χ4v) is 3.06. The van der Waals surface area contributed by atoms with Crippen LogP contribution in [0.25, 0.3) is 0 Å². The summed E-state index contributed by atoms with van der Waals surface area (Å²) in [6, 6.07) is 15.8. The lowest BCUT2D eigenvalue weighted by Crippen LogP contribution is -2.45. The van der Waals surface area contributed by atoms with Crippen LogP contribution in [0, 0.1) is 0 Å². The van der Waals surface area contributed by atoms with Crippen LogP contribution in [0.15, 0.2) is 65.9 Å². The lowest BCUT2D eigenvalue weighted by molar-refractivity contribution is -0.140. The zero-order chi connectivity index (χ0) is 19.9. The van der Waals surface area contributed by atoms with Crippen molar-refractivity contribution in [3.05, 3.63) is 77.0 Å². The number of carbonyl (C=O) groups is 2. The summed E-state index contributed by atoms with van der Waals surface area (Å²) >= 11 is 0. The Balaban J connectivity index is 1.88. The Morgan fingerprint density at radius 3 is 2.54 bits per heavy atom. The first kappa shape index (κ1) is 19.5. The summed E-state index contributed by atoms with van der Waals surface area (Å²) < 4.78 is 11.3. The van der Waals surface area contributed by atoms with Gasteiger partial charge >= 0.3 is 12.0 Å². The summed E-state index contributed by atoms with van der Waals surface area (Å²) in [7, 11) is 0. The first-order valence-corrected chi connectivity index (χ1v) is 9.31. The van der Waals surface area contributed by atoms with Crippen molar-refractivity contribution in [3.8, 4) is 5.75 Å². The fourth-order valence-electron chi connectivity index (χ4n) is 3.06. The molecule has 1 atom stereocenters. The number of para-hydroxylation sites is 1. The van der Waals surface area contributed by atoms with Crippen LogP contribution in [0.5, 0.6) is 5.75 Å². The van der Waals surface area contributed by atoms with Gasteiger partial charge in [0.1, 0.15) is 12.4 Å². The van der Waals surface area contributed by atoms with E-state index >= 15 is 0 Å². The van der Waals surface area contributed by atoms with Crippen molar-refractivity contribution in [1.82, 2.24) is 10.6 Å². The Morgan fingerprint density at radius 1 is 1.07 bits per heavy atom. The molecule has 0 saturated heterocycles. The van der Waals surface area contributed by atoms with E-state index in [0.29, 0.717) is 23.6 Å². The Morgan fingerprint density at radius 2 is 1.79 bits per heavy atom. The molecule has 1 aliphatic rings. The quantitative estimate of drug-likeness (QED) is 0.716. The molecule has 2 aromatic rings. The highest BCUT2D eigenvalue weighted by molar-refractivity contribution is 5.95. The second-order valence-corrected chi connectivity index (χ2v) is 6.52. The third-order valence-corrected chi connectivity index (χ3v) is 4.39. The van der Waals surface area contributed by atoms with Crippen LogP contribution in [0.1, 0.15) is 37.4 Å². The van der Waals surface area contributed by atoms with Crippen molar-refractivity contribution >= 4 is 12.0 Å². The number of rotatable bonds is 7. The van der Waals surface area contributed by atoms with E-state index < -0.39 is 12.0 Å². The molecule has 0 saturated carbocycles. The van der Waals surface area contributed by atoms with Gasteiger partial charge in [0.25, 0.3) is 0 Å². The molecular weight excluding hydrogens is 356 g/mol. The topological polar surface area (TPSA) is 76.7 Å². The van der Waals surface area contributed by atoms with Crippen LogP contribution < -0.4 is 15.4 Å². The normalized spacial score (nSPS) is 16.2. The number of ether oxygens (including phenoxy) is 2. The number of benzene rings is 2. The Hall–Kier alpha value is -3.28. The van der Waals surface area contributed by atoms with Crippen LogP contribution in [0.2, 0.25) is 0 Å². The van der Waals surface area contributed by atoms with Crippen LogP contribution in [0.3, 0.4) is 0 Å². The molecule has 28 heavy (non-hydrogen) atoms.